The number of nitrogens with one attached hydrogen (secondary N) is 1. The van der Waals surface area contributed by atoms with E-state index < -0.39 is 10.0 Å². The highest BCUT2D eigenvalue weighted by Crippen LogP contribution is 2.23. The Kier molecular flexibility index (Phi) is 4.57. The van der Waals surface area contributed by atoms with Gasteiger partial charge in [0.2, 0.25) is 15.9 Å². The summed E-state index contributed by atoms with van der Waals surface area (Å²) in [6.07, 6.45) is 4.82. The van der Waals surface area contributed by atoms with Crippen molar-refractivity contribution in [3.8, 4) is 0 Å². The van der Waals surface area contributed by atoms with E-state index in [4.69, 9.17) is 0 Å². The molecule has 1 aromatic carbocycles. The number of carbonyl (C=O) groups is 1. The minimum atomic E-state index is -3.45. The van der Waals surface area contributed by atoms with Gasteiger partial charge in [0.1, 0.15) is 0 Å². The smallest absolute Gasteiger partial charge is 0.248 e. The second kappa shape index (κ2) is 6.19. The number of carbonyl (C=O) groups excluding carboxylic acids is 1. The van der Waals surface area contributed by atoms with Gasteiger partial charge in [-0.3, -0.25) is 4.79 Å². The Hall–Kier alpha value is -1.66. The second-order valence-corrected chi connectivity index (χ2v) is 6.57. The molecule has 1 fully saturated rings. The second-order valence-electron chi connectivity index (χ2n) is 4.63. The molecule has 2 rings (SSSR count). The minimum absolute atomic E-state index is 0.220. The first kappa shape index (κ1) is 14.7. The Balaban J connectivity index is 2.23. The van der Waals surface area contributed by atoms with Crippen molar-refractivity contribution in [1.29, 1.82) is 0 Å². The van der Waals surface area contributed by atoms with E-state index in [1.165, 1.54) is 16.4 Å². The molecule has 1 aliphatic rings. The molecular weight excluding hydrogens is 276 g/mol. The summed E-state index contributed by atoms with van der Waals surface area (Å²) in [6.45, 7) is 2.88. The van der Waals surface area contributed by atoms with Gasteiger partial charge in [-0.1, -0.05) is 12.1 Å². The zero-order chi connectivity index (χ0) is 14.6. The van der Waals surface area contributed by atoms with Crippen molar-refractivity contribution >= 4 is 21.6 Å². The maximum atomic E-state index is 12.4. The SMILES string of the molecule is C/C=C/C(=O)Nc1cccc(S(=O)(=O)N2CCCC2)c1. The van der Waals surface area contributed by atoms with Crippen molar-refractivity contribution in [2.75, 3.05) is 18.4 Å². The number of benzene rings is 1. The molecule has 1 saturated heterocycles. The summed E-state index contributed by atoms with van der Waals surface area (Å²) in [5.74, 6) is -0.275. The van der Waals surface area contributed by atoms with Crippen LogP contribution in [0.1, 0.15) is 19.8 Å². The number of allylic oxidation sites excluding steroid dienone is 1. The highest BCUT2D eigenvalue weighted by atomic mass is 32.2. The molecule has 6 heteroatoms. The van der Waals surface area contributed by atoms with Gasteiger partial charge in [0, 0.05) is 18.8 Å². The molecule has 1 amide bonds. The number of rotatable bonds is 4. The number of hydrogen-bond acceptors (Lipinski definition) is 3. The molecule has 1 N–H and O–H groups in total. The number of anilines is 1. The molecule has 1 aromatic rings. The zero-order valence-electron chi connectivity index (χ0n) is 11.4. The van der Waals surface area contributed by atoms with Gasteiger partial charge in [-0.2, -0.15) is 4.31 Å². The third-order valence-corrected chi connectivity index (χ3v) is 5.02. The fourth-order valence-corrected chi connectivity index (χ4v) is 3.71. The Labute approximate surface area is 119 Å². The predicted molar refractivity (Wildman–Crippen MR) is 77.9 cm³/mol. The van der Waals surface area contributed by atoms with Crippen LogP contribution >= 0.6 is 0 Å². The lowest BCUT2D eigenvalue weighted by atomic mass is 10.3. The molecule has 0 saturated carbocycles. The molecule has 5 nitrogen and oxygen atoms in total. The van der Waals surface area contributed by atoms with Crippen molar-refractivity contribution < 1.29 is 13.2 Å². The predicted octanol–water partition coefficient (Wildman–Crippen LogP) is 1.99. The van der Waals surface area contributed by atoms with E-state index in [9.17, 15) is 13.2 Å². The van der Waals surface area contributed by atoms with Crippen LogP contribution in [0.15, 0.2) is 41.3 Å². The fraction of sp³-hybridized carbons (Fsp3) is 0.357. The van der Waals surface area contributed by atoms with Gasteiger partial charge in [0.15, 0.2) is 0 Å². The number of hydrogen-bond donors (Lipinski definition) is 1. The largest absolute Gasteiger partial charge is 0.322 e. The van der Waals surface area contributed by atoms with Gasteiger partial charge in [0.05, 0.1) is 4.90 Å². The van der Waals surface area contributed by atoms with E-state index in [1.54, 1.807) is 31.2 Å². The molecule has 1 aliphatic heterocycles. The Morgan fingerprint density at radius 3 is 2.65 bits per heavy atom. The van der Waals surface area contributed by atoms with Crippen molar-refractivity contribution in [3.05, 3.63) is 36.4 Å². The van der Waals surface area contributed by atoms with E-state index in [0.29, 0.717) is 18.8 Å². The molecule has 108 valence electrons. The number of amides is 1. The van der Waals surface area contributed by atoms with Crippen LogP contribution in [-0.2, 0) is 14.8 Å². The highest BCUT2D eigenvalue weighted by molar-refractivity contribution is 7.89. The van der Waals surface area contributed by atoms with Crippen LogP contribution in [0.3, 0.4) is 0 Å². The van der Waals surface area contributed by atoms with Crippen LogP contribution in [0, 0.1) is 0 Å². The van der Waals surface area contributed by atoms with Gasteiger partial charge in [0.25, 0.3) is 0 Å². The summed E-state index contributed by atoms with van der Waals surface area (Å²) < 4.78 is 26.3. The maximum absolute atomic E-state index is 12.4. The molecule has 20 heavy (non-hydrogen) atoms. The average molecular weight is 294 g/mol. The van der Waals surface area contributed by atoms with Gasteiger partial charge in [-0.15, -0.1) is 0 Å². The average Bonchev–Trinajstić information content (AvgIpc) is 2.94. The quantitative estimate of drug-likeness (QED) is 0.864. The van der Waals surface area contributed by atoms with E-state index in [2.05, 4.69) is 5.32 Å². The van der Waals surface area contributed by atoms with Crippen molar-refractivity contribution in [2.24, 2.45) is 0 Å². The molecule has 0 aromatic heterocycles. The fourth-order valence-electron chi connectivity index (χ4n) is 2.15. The van der Waals surface area contributed by atoms with Crippen LogP contribution in [0.25, 0.3) is 0 Å². The normalized spacial score (nSPS) is 16.6. The lowest BCUT2D eigenvalue weighted by Crippen LogP contribution is -2.27. The summed E-state index contributed by atoms with van der Waals surface area (Å²) in [7, 11) is -3.45. The summed E-state index contributed by atoms with van der Waals surface area (Å²) in [5, 5.41) is 2.64. The van der Waals surface area contributed by atoms with E-state index >= 15 is 0 Å². The van der Waals surface area contributed by atoms with Crippen LogP contribution < -0.4 is 5.32 Å². The van der Waals surface area contributed by atoms with E-state index in [-0.39, 0.29) is 10.8 Å². The summed E-state index contributed by atoms with van der Waals surface area (Å²) in [5.41, 5.74) is 0.480. The first-order chi connectivity index (χ1) is 9.54. The van der Waals surface area contributed by atoms with Crippen molar-refractivity contribution in [2.45, 2.75) is 24.7 Å². The number of sulfonamides is 1. The molecule has 0 radical (unpaired) electrons. The minimum Gasteiger partial charge on any atom is -0.322 e. The topological polar surface area (TPSA) is 66.5 Å². The molecule has 1 heterocycles. The van der Waals surface area contributed by atoms with Crippen LogP contribution in [0.4, 0.5) is 5.69 Å². The third-order valence-electron chi connectivity index (χ3n) is 3.12. The van der Waals surface area contributed by atoms with Gasteiger partial charge in [-0.25, -0.2) is 8.42 Å². The van der Waals surface area contributed by atoms with Crippen molar-refractivity contribution in [1.82, 2.24) is 4.31 Å². The molecule has 0 bridgehead atoms. The summed E-state index contributed by atoms with van der Waals surface area (Å²) in [4.78, 5) is 11.7. The van der Waals surface area contributed by atoms with Gasteiger partial charge < -0.3 is 5.32 Å². The van der Waals surface area contributed by atoms with E-state index in [0.717, 1.165) is 12.8 Å². The molecular formula is C14H18N2O3S. The molecule has 0 aliphatic carbocycles. The van der Waals surface area contributed by atoms with E-state index in [1.807, 2.05) is 0 Å². The Morgan fingerprint density at radius 2 is 2.00 bits per heavy atom. The Bertz CT molecular complexity index is 617. The first-order valence-electron chi connectivity index (χ1n) is 6.58. The third kappa shape index (κ3) is 3.26. The summed E-state index contributed by atoms with van der Waals surface area (Å²) >= 11 is 0. The summed E-state index contributed by atoms with van der Waals surface area (Å²) in [6, 6.07) is 6.35. The Morgan fingerprint density at radius 1 is 1.30 bits per heavy atom. The lowest BCUT2D eigenvalue weighted by molar-refractivity contribution is -0.111. The highest BCUT2D eigenvalue weighted by Gasteiger charge is 2.27. The van der Waals surface area contributed by atoms with Crippen molar-refractivity contribution in [3.63, 3.8) is 0 Å². The lowest BCUT2D eigenvalue weighted by Gasteiger charge is -2.16. The van der Waals surface area contributed by atoms with Gasteiger partial charge >= 0.3 is 0 Å². The van der Waals surface area contributed by atoms with Crippen LogP contribution in [-0.4, -0.2) is 31.7 Å². The van der Waals surface area contributed by atoms with Crippen LogP contribution in [0.2, 0.25) is 0 Å². The molecule has 0 atom stereocenters. The zero-order valence-corrected chi connectivity index (χ0v) is 12.2. The first-order valence-corrected chi connectivity index (χ1v) is 8.02. The molecule has 0 spiro atoms. The maximum Gasteiger partial charge on any atom is 0.248 e. The molecule has 0 unspecified atom stereocenters. The standard InChI is InChI=1S/C14H18N2O3S/c1-2-6-14(17)15-12-7-5-8-13(11-12)20(18,19)16-9-3-4-10-16/h2,5-8,11H,3-4,9-10H2,1H3,(H,15,17)/b6-2+. The van der Waals surface area contributed by atoms with Gasteiger partial charge in [-0.05, 0) is 44.0 Å². The van der Waals surface area contributed by atoms with Crippen LogP contribution in [0.5, 0.6) is 0 Å². The number of nitrogens with zero attached hydrogens (tertiary/aromatic N) is 1. The monoisotopic (exact) mass is 294 g/mol.